The molecule has 0 aliphatic rings. The van der Waals surface area contributed by atoms with Gasteiger partial charge in [-0.15, -0.1) is 11.3 Å². The Bertz CT molecular complexity index is 1440. The normalized spacial score (nSPS) is 12.9. The van der Waals surface area contributed by atoms with Crippen molar-refractivity contribution in [2.75, 3.05) is 6.61 Å². The summed E-state index contributed by atoms with van der Waals surface area (Å²) in [6.07, 6.45) is 10.4. The predicted molar refractivity (Wildman–Crippen MR) is 158 cm³/mol. The summed E-state index contributed by atoms with van der Waals surface area (Å²) in [4.78, 5) is 25.0. The summed E-state index contributed by atoms with van der Waals surface area (Å²) in [5.74, 6) is -1.16. The van der Waals surface area contributed by atoms with Gasteiger partial charge in [0.1, 0.15) is 0 Å². The highest BCUT2D eigenvalue weighted by atomic mass is 32.1. The molecular weight excluding hydrogens is 510 g/mol. The zero-order valence-corrected chi connectivity index (χ0v) is 24.0. The van der Waals surface area contributed by atoms with Gasteiger partial charge in [0.25, 0.3) is 0 Å². The highest BCUT2D eigenvalue weighted by Gasteiger charge is 2.20. The second-order valence-electron chi connectivity index (χ2n) is 9.16. The van der Waals surface area contributed by atoms with E-state index < -0.39 is 11.8 Å². The number of thiazole rings is 1. The van der Waals surface area contributed by atoms with E-state index in [0.717, 1.165) is 32.6 Å². The SMILES string of the molecule is C/C(=C\C(=C(\N)C(C)C(N)=O)c1c(C)ccc2[nH]ncc12)c1ccnc(OCCc2nccs2)n1.CCCC. The molecule has 0 radical (unpaired) electrons. The fourth-order valence-corrected chi connectivity index (χ4v) is 4.30. The molecule has 5 N–H and O–H groups in total. The Morgan fingerprint density at radius 3 is 2.59 bits per heavy atom. The molecule has 1 amide bonds. The van der Waals surface area contributed by atoms with Gasteiger partial charge in [0.05, 0.1) is 34.9 Å². The van der Waals surface area contributed by atoms with Gasteiger partial charge < -0.3 is 16.2 Å². The van der Waals surface area contributed by atoms with Crippen molar-refractivity contribution in [1.82, 2.24) is 25.1 Å². The smallest absolute Gasteiger partial charge is 0.316 e. The number of primary amides is 1. The van der Waals surface area contributed by atoms with Crippen LogP contribution in [0.1, 0.15) is 62.4 Å². The van der Waals surface area contributed by atoms with Crippen LogP contribution in [0, 0.1) is 12.8 Å². The minimum atomic E-state index is -0.661. The van der Waals surface area contributed by atoms with Crippen molar-refractivity contribution in [2.24, 2.45) is 17.4 Å². The number of carbonyl (C=O) groups is 1. The number of aromatic amines is 1. The van der Waals surface area contributed by atoms with Crippen molar-refractivity contribution in [3.8, 4) is 6.01 Å². The zero-order chi connectivity index (χ0) is 28.4. The van der Waals surface area contributed by atoms with Crippen LogP contribution >= 0.6 is 11.3 Å². The Hall–Kier alpha value is -4.05. The summed E-state index contributed by atoms with van der Waals surface area (Å²) in [5, 5.41) is 11.0. The van der Waals surface area contributed by atoms with E-state index in [2.05, 4.69) is 39.0 Å². The lowest BCUT2D eigenvalue weighted by atomic mass is 9.90. The minimum Gasteiger partial charge on any atom is -0.463 e. The highest BCUT2D eigenvalue weighted by Crippen LogP contribution is 2.33. The maximum absolute atomic E-state index is 12.0. The molecule has 1 aromatic carbocycles. The third-order valence-corrected chi connectivity index (χ3v) is 7.07. The average molecular weight is 548 g/mol. The van der Waals surface area contributed by atoms with Gasteiger partial charge in [-0.05, 0) is 55.7 Å². The summed E-state index contributed by atoms with van der Waals surface area (Å²) in [6.45, 7) is 10.4. The molecule has 206 valence electrons. The second kappa shape index (κ2) is 14.2. The molecule has 0 fully saturated rings. The number of aryl methyl sites for hydroxylation is 1. The summed E-state index contributed by atoms with van der Waals surface area (Å²) in [6, 6.07) is 6.03. The Kier molecular flexibility index (Phi) is 10.7. The number of amides is 1. The maximum Gasteiger partial charge on any atom is 0.316 e. The van der Waals surface area contributed by atoms with E-state index in [4.69, 9.17) is 16.2 Å². The van der Waals surface area contributed by atoms with Gasteiger partial charge in [0.2, 0.25) is 5.91 Å². The topological polar surface area (TPSA) is 146 Å². The van der Waals surface area contributed by atoms with Gasteiger partial charge in [-0.25, -0.2) is 9.97 Å². The number of nitrogens with zero attached hydrogens (tertiary/aromatic N) is 4. The van der Waals surface area contributed by atoms with Crippen LogP contribution in [-0.2, 0) is 11.2 Å². The summed E-state index contributed by atoms with van der Waals surface area (Å²) in [7, 11) is 0. The monoisotopic (exact) mass is 547 g/mol. The first-order chi connectivity index (χ1) is 18.8. The third kappa shape index (κ3) is 7.73. The van der Waals surface area contributed by atoms with Crippen LogP contribution in [0.5, 0.6) is 6.01 Å². The number of nitrogens with one attached hydrogen (secondary N) is 1. The lowest BCUT2D eigenvalue weighted by molar-refractivity contribution is -0.120. The van der Waals surface area contributed by atoms with Crippen LogP contribution in [0.4, 0.5) is 0 Å². The van der Waals surface area contributed by atoms with E-state index in [9.17, 15) is 4.79 Å². The fraction of sp³-hybridized carbons (Fsp3) is 0.345. The quantitative estimate of drug-likeness (QED) is 0.224. The first kappa shape index (κ1) is 29.5. The van der Waals surface area contributed by atoms with Crippen molar-refractivity contribution in [2.45, 2.75) is 53.9 Å². The number of carbonyl (C=O) groups excluding carboxylic acids is 1. The lowest BCUT2D eigenvalue weighted by Gasteiger charge is -2.17. The summed E-state index contributed by atoms with van der Waals surface area (Å²) < 4.78 is 5.75. The van der Waals surface area contributed by atoms with Gasteiger partial charge in [-0.1, -0.05) is 32.8 Å². The number of H-pyrrole nitrogens is 1. The molecule has 1 atom stereocenters. The molecule has 3 heterocycles. The Morgan fingerprint density at radius 2 is 1.92 bits per heavy atom. The number of rotatable bonds is 10. The van der Waals surface area contributed by atoms with E-state index in [1.807, 2.05) is 37.4 Å². The molecule has 0 spiro atoms. The largest absolute Gasteiger partial charge is 0.463 e. The number of ether oxygens (including phenoxy) is 1. The predicted octanol–water partition coefficient (Wildman–Crippen LogP) is 5.44. The van der Waals surface area contributed by atoms with Crippen LogP contribution in [0.25, 0.3) is 22.0 Å². The molecule has 0 aliphatic heterocycles. The van der Waals surface area contributed by atoms with Crippen LogP contribution in [0.3, 0.4) is 0 Å². The third-order valence-electron chi connectivity index (χ3n) is 6.24. The molecule has 0 bridgehead atoms. The molecule has 9 nitrogen and oxygen atoms in total. The van der Waals surface area contributed by atoms with Crippen molar-refractivity contribution < 1.29 is 9.53 Å². The molecule has 0 saturated heterocycles. The van der Waals surface area contributed by atoms with Crippen LogP contribution < -0.4 is 16.2 Å². The van der Waals surface area contributed by atoms with E-state index in [-0.39, 0.29) is 6.01 Å². The molecule has 0 aliphatic carbocycles. The number of unbranched alkanes of at least 4 members (excludes halogenated alkanes) is 1. The standard InChI is InChI=1S/C25H27N7O2S.C4H10/c1-14-4-5-20-18(13-30-32-20)22(14)17(23(26)16(3)24(27)33)12-15(2)19-6-8-29-25(31-19)34-10-7-21-28-9-11-35-21;1-3-4-2/h4-6,8-9,11-13,16H,7,10,26H2,1-3H3,(H2,27,33)(H,30,32);3-4H2,1-2H3/b15-12+,23-17-;. The lowest BCUT2D eigenvalue weighted by Crippen LogP contribution is -2.26. The fourth-order valence-electron chi connectivity index (χ4n) is 3.70. The minimum absolute atomic E-state index is 0.281. The van der Waals surface area contributed by atoms with E-state index in [1.165, 1.54) is 12.8 Å². The first-order valence-corrected chi connectivity index (χ1v) is 13.9. The van der Waals surface area contributed by atoms with E-state index in [1.54, 1.807) is 42.9 Å². The number of fused-ring (bicyclic) bond motifs is 1. The van der Waals surface area contributed by atoms with Crippen LogP contribution in [0.15, 0.2) is 53.9 Å². The highest BCUT2D eigenvalue weighted by molar-refractivity contribution is 7.09. The van der Waals surface area contributed by atoms with Crippen molar-refractivity contribution in [1.29, 1.82) is 0 Å². The van der Waals surface area contributed by atoms with Crippen molar-refractivity contribution >= 4 is 39.3 Å². The first-order valence-electron chi connectivity index (χ1n) is 13.0. The molecule has 1 unspecified atom stereocenters. The van der Waals surface area contributed by atoms with Gasteiger partial charge in [-0.3, -0.25) is 9.89 Å². The Balaban J connectivity index is 0.000000983. The van der Waals surface area contributed by atoms with Gasteiger partial charge in [0, 0.05) is 40.9 Å². The van der Waals surface area contributed by atoms with E-state index >= 15 is 0 Å². The summed E-state index contributed by atoms with van der Waals surface area (Å²) in [5.41, 5.74) is 17.4. The maximum atomic E-state index is 12.0. The number of hydrogen-bond donors (Lipinski definition) is 3. The zero-order valence-electron chi connectivity index (χ0n) is 23.2. The molecule has 4 rings (SSSR count). The van der Waals surface area contributed by atoms with Crippen LogP contribution in [-0.4, -0.2) is 37.7 Å². The molecule has 10 heteroatoms. The van der Waals surface area contributed by atoms with Crippen LogP contribution in [0.2, 0.25) is 0 Å². The molecule has 39 heavy (non-hydrogen) atoms. The van der Waals surface area contributed by atoms with Crippen molar-refractivity contribution in [3.05, 3.63) is 75.8 Å². The van der Waals surface area contributed by atoms with Crippen molar-refractivity contribution in [3.63, 3.8) is 0 Å². The number of nitrogens with two attached hydrogens (primary N) is 2. The molecule has 4 aromatic rings. The summed E-state index contributed by atoms with van der Waals surface area (Å²) >= 11 is 1.58. The Labute approximate surface area is 233 Å². The second-order valence-corrected chi connectivity index (χ2v) is 10.1. The number of hydrogen-bond acceptors (Lipinski definition) is 8. The Morgan fingerprint density at radius 1 is 1.15 bits per heavy atom. The number of benzene rings is 1. The average Bonchev–Trinajstić information content (AvgIpc) is 3.64. The van der Waals surface area contributed by atoms with E-state index in [0.29, 0.717) is 30.0 Å². The van der Waals surface area contributed by atoms with Gasteiger partial charge in [-0.2, -0.15) is 10.1 Å². The van der Waals surface area contributed by atoms with Gasteiger partial charge in [0.15, 0.2) is 0 Å². The number of allylic oxidation sites excluding steroid dienone is 3. The molecule has 3 aromatic heterocycles. The molecular formula is C29H37N7O2S. The molecule has 0 saturated carbocycles. The van der Waals surface area contributed by atoms with Gasteiger partial charge >= 0.3 is 6.01 Å². The number of aromatic nitrogens is 5.